The summed E-state index contributed by atoms with van der Waals surface area (Å²) in [5, 5.41) is 12.3. The van der Waals surface area contributed by atoms with Crippen molar-refractivity contribution in [2.75, 3.05) is 19.6 Å². The molecule has 1 saturated carbocycles. The molecular formula is C18H24N4. The van der Waals surface area contributed by atoms with Crippen LogP contribution in [0.4, 0.5) is 0 Å². The van der Waals surface area contributed by atoms with Gasteiger partial charge in [0.2, 0.25) is 0 Å². The minimum absolute atomic E-state index is 0.588. The number of likely N-dealkylation sites (tertiary alicyclic amines) is 1. The summed E-state index contributed by atoms with van der Waals surface area (Å²) in [7, 11) is 0. The van der Waals surface area contributed by atoms with Gasteiger partial charge in [-0.15, -0.1) is 0 Å². The Bertz CT molecular complexity index is 578. The van der Waals surface area contributed by atoms with Gasteiger partial charge in [-0.25, -0.2) is 4.99 Å². The topological polar surface area (TPSA) is 51.4 Å². The van der Waals surface area contributed by atoms with Crippen molar-refractivity contribution in [2.45, 2.75) is 39.2 Å². The third kappa shape index (κ3) is 3.09. The molecule has 0 bridgehead atoms. The summed E-state index contributed by atoms with van der Waals surface area (Å²) in [6.07, 6.45) is 5.48. The van der Waals surface area contributed by atoms with Gasteiger partial charge < -0.3 is 10.2 Å². The third-order valence-electron chi connectivity index (χ3n) is 4.98. The van der Waals surface area contributed by atoms with E-state index in [1.165, 1.54) is 25.7 Å². The van der Waals surface area contributed by atoms with E-state index in [9.17, 15) is 0 Å². The molecule has 1 heterocycles. The standard InChI is InChI=1S/C18H24N4/c1-2-20-17(22-11-10-18(14-22)8-3-9-18)21-13-16-6-4-15(12-19)5-7-16/h4-7H,2-3,8-11,13-14H2,1H3,(H,20,21). The average Bonchev–Trinajstić information content (AvgIpc) is 2.98. The molecular weight excluding hydrogens is 272 g/mol. The molecule has 2 fully saturated rings. The largest absolute Gasteiger partial charge is 0.357 e. The number of nitrogens with zero attached hydrogens (tertiary/aromatic N) is 3. The molecule has 1 aromatic carbocycles. The fourth-order valence-corrected chi connectivity index (χ4v) is 3.48. The van der Waals surface area contributed by atoms with Crippen LogP contribution in [-0.4, -0.2) is 30.5 Å². The number of rotatable bonds is 3. The lowest BCUT2D eigenvalue weighted by molar-refractivity contribution is 0.151. The van der Waals surface area contributed by atoms with Gasteiger partial charge in [0.25, 0.3) is 0 Å². The van der Waals surface area contributed by atoms with Crippen molar-refractivity contribution < 1.29 is 0 Å². The smallest absolute Gasteiger partial charge is 0.194 e. The number of nitriles is 1. The van der Waals surface area contributed by atoms with Crippen LogP contribution in [0.5, 0.6) is 0 Å². The van der Waals surface area contributed by atoms with Crippen molar-refractivity contribution in [1.29, 1.82) is 5.26 Å². The van der Waals surface area contributed by atoms with Gasteiger partial charge in [-0.1, -0.05) is 18.6 Å². The molecule has 1 aromatic rings. The number of hydrogen-bond donors (Lipinski definition) is 1. The first-order chi connectivity index (χ1) is 10.7. The Hall–Kier alpha value is -2.02. The SMILES string of the molecule is CCNC(=NCc1ccc(C#N)cc1)N1CCC2(CCC2)C1. The maximum Gasteiger partial charge on any atom is 0.194 e. The second-order valence-corrected chi connectivity index (χ2v) is 6.50. The van der Waals surface area contributed by atoms with E-state index in [0.29, 0.717) is 17.5 Å². The van der Waals surface area contributed by atoms with E-state index >= 15 is 0 Å². The lowest BCUT2D eigenvalue weighted by atomic mass is 9.68. The van der Waals surface area contributed by atoms with E-state index in [1.54, 1.807) is 0 Å². The highest BCUT2D eigenvalue weighted by Gasteiger charge is 2.43. The van der Waals surface area contributed by atoms with Gasteiger partial charge in [0.05, 0.1) is 18.2 Å². The van der Waals surface area contributed by atoms with Crippen molar-refractivity contribution >= 4 is 5.96 Å². The minimum atomic E-state index is 0.588. The molecule has 1 saturated heterocycles. The highest BCUT2D eigenvalue weighted by Crippen LogP contribution is 2.47. The van der Waals surface area contributed by atoms with Crippen LogP contribution in [-0.2, 0) is 6.54 Å². The van der Waals surface area contributed by atoms with Gasteiger partial charge in [-0.2, -0.15) is 5.26 Å². The van der Waals surface area contributed by atoms with Gasteiger partial charge in [-0.05, 0) is 49.3 Å². The quantitative estimate of drug-likeness (QED) is 0.689. The molecule has 4 heteroatoms. The van der Waals surface area contributed by atoms with Crippen LogP contribution in [0.1, 0.15) is 43.7 Å². The molecule has 0 aromatic heterocycles. The second kappa shape index (κ2) is 6.39. The predicted octanol–water partition coefficient (Wildman–Crippen LogP) is 2.90. The number of guanidine groups is 1. The summed E-state index contributed by atoms with van der Waals surface area (Å²) < 4.78 is 0. The van der Waals surface area contributed by atoms with Crippen molar-refractivity contribution in [2.24, 2.45) is 10.4 Å². The molecule has 4 nitrogen and oxygen atoms in total. The van der Waals surface area contributed by atoms with Crippen LogP contribution in [0.15, 0.2) is 29.3 Å². The van der Waals surface area contributed by atoms with Crippen LogP contribution >= 0.6 is 0 Å². The van der Waals surface area contributed by atoms with Gasteiger partial charge in [0, 0.05) is 19.6 Å². The molecule has 1 spiro atoms. The Balaban J connectivity index is 1.66. The molecule has 22 heavy (non-hydrogen) atoms. The number of benzene rings is 1. The van der Waals surface area contributed by atoms with Gasteiger partial charge >= 0.3 is 0 Å². The fraction of sp³-hybridized carbons (Fsp3) is 0.556. The summed E-state index contributed by atoms with van der Waals surface area (Å²) in [5.41, 5.74) is 2.43. The van der Waals surface area contributed by atoms with Crippen LogP contribution in [0.25, 0.3) is 0 Å². The Labute approximate surface area is 132 Å². The first-order valence-electron chi connectivity index (χ1n) is 8.27. The predicted molar refractivity (Wildman–Crippen MR) is 88.4 cm³/mol. The molecule has 1 aliphatic heterocycles. The van der Waals surface area contributed by atoms with E-state index in [0.717, 1.165) is 31.2 Å². The van der Waals surface area contributed by atoms with Crippen molar-refractivity contribution in [3.8, 4) is 6.07 Å². The summed E-state index contributed by atoms with van der Waals surface area (Å²) >= 11 is 0. The zero-order valence-electron chi connectivity index (χ0n) is 13.3. The second-order valence-electron chi connectivity index (χ2n) is 6.50. The summed E-state index contributed by atoms with van der Waals surface area (Å²) in [5.74, 6) is 1.04. The Kier molecular flexibility index (Phi) is 4.33. The lowest BCUT2D eigenvalue weighted by Crippen LogP contribution is -2.42. The number of nitrogens with one attached hydrogen (secondary N) is 1. The van der Waals surface area contributed by atoms with Gasteiger partial charge in [-0.3, -0.25) is 0 Å². The fourth-order valence-electron chi connectivity index (χ4n) is 3.48. The number of aliphatic imine (C=N–C) groups is 1. The summed E-state index contributed by atoms with van der Waals surface area (Å²) in [6, 6.07) is 9.84. The van der Waals surface area contributed by atoms with E-state index in [4.69, 9.17) is 10.3 Å². The highest BCUT2D eigenvalue weighted by molar-refractivity contribution is 5.80. The summed E-state index contributed by atoms with van der Waals surface area (Å²) in [6.45, 7) is 5.96. The molecule has 0 amide bonds. The van der Waals surface area contributed by atoms with Crippen LogP contribution < -0.4 is 5.32 Å². The molecule has 0 atom stereocenters. The first-order valence-corrected chi connectivity index (χ1v) is 8.27. The Morgan fingerprint density at radius 3 is 2.64 bits per heavy atom. The number of hydrogen-bond acceptors (Lipinski definition) is 2. The Morgan fingerprint density at radius 2 is 2.09 bits per heavy atom. The van der Waals surface area contributed by atoms with E-state index in [2.05, 4.69) is 23.2 Å². The summed E-state index contributed by atoms with van der Waals surface area (Å²) in [4.78, 5) is 7.22. The van der Waals surface area contributed by atoms with Crippen LogP contribution in [0.3, 0.4) is 0 Å². The van der Waals surface area contributed by atoms with Gasteiger partial charge in [0.1, 0.15) is 0 Å². The average molecular weight is 296 g/mol. The van der Waals surface area contributed by atoms with Crippen LogP contribution in [0, 0.1) is 16.7 Å². The van der Waals surface area contributed by atoms with E-state index in [1.807, 2.05) is 24.3 Å². The zero-order chi connectivity index (χ0) is 15.4. The minimum Gasteiger partial charge on any atom is -0.357 e. The molecule has 0 radical (unpaired) electrons. The van der Waals surface area contributed by atoms with Crippen molar-refractivity contribution in [3.63, 3.8) is 0 Å². The zero-order valence-corrected chi connectivity index (χ0v) is 13.3. The first kappa shape index (κ1) is 14.9. The Morgan fingerprint density at radius 1 is 1.32 bits per heavy atom. The maximum atomic E-state index is 8.84. The molecule has 1 N–H and O–H groups in total. The van der Waals surface area contributed by atoms with Gasteiger partial charge in [0.15, 0.2) is 5.96 Å². The van der Waals surface area contributed by atoms with Crippen molar-refractivity contribution in [1.82, 2.24) is 10.2 Å². The van der Waals surface area contributed by atoms with E-state index < -0.39 is 0 Å². The molecule has 3 rings (SSSR count). The van der Waals surface area contributed by atoms with Crippen molar-refractivity contribution in [3.05, 3.63) is 35.4 Å². The van der Waals surface area contributed by atoms with E-state index in [-0.39, 0.29) is 0 Å². The third-order valence-corrected chi connectivity index (χ3v) is 4.98. The molecule has 116 valence electrons. The highest BCUT2D eigenvalue weighted by atomic mass is 15.3. The maximum absolute atomic E-state index is 8.84. The lowest BCUT2D eigenvalue weighted by Gasteiger charge is -2.38. The normalized spacial score (nSPS) is 19.8. The molecule has 2 aliphatic rings. The van der Waals surface area contributed by atoms with Crippen LogP contribution in [0.2, 0.25) is 0 Å². The molecule has 0 unspecified atom stereocenters. The monoisotopic (exact) mass is 296 g/mol. The molecule has 1 aliphatic carbocycles.